The van der Waals surface area contributed by atoms with Gasteiger partial charge in [-0.05, 0) is 44.5 Å². The van der Waals surface area contributed by atoms with Crippen LogP contribution in [0.5, 0.6) is 5.75 Å². The maximum absolute atomic E-state index is 14.0. The molecule has 4 rings (SSSR count). The molecule has 3 aliphatic carbocycles. The highest BCUT2D eigenvalue weighted by atomic mass is 16.3. The Morgan fingerprint density at radius 3 is 2.31 bits per heavy atom. The summed E-state index contributed by atoms with van der Waals surface area (Å²) in [6, 6.07) is 0.546. The van der Waals surface area contributed by atoms with Crippen molar-refractivity contribution in [3.05, 3.63) is 39.7 Å². The number of benzene rings is 1. The van der Waals surface area contributed by atoms with Crippen molar-refractivity contribution in [2.75, 3.05) is 39.6 Å². The minimum atomic E-state index is -2.70. The number of phenols is 1. The molecule has 2 amide bonds. The number of fused-ring (bicyclic) bond motifs is 3. The number of carbonyl (C=O) groups excluding carboxylic acids is 4. The zero-order valence-electron chi connectivity index (χ0n) is 22.1. The maximum atomic E-state index is 14.0. The number of rotatable bonds is 7. The number of aliphatic hydroxyl groups excluding tert-OH is 2. The van der Waals surface area contributed by atoms with Crippen LogP contribution >= 0.6 is 0 Å². The molecule has 4 atom stereocenters. The Bertz CT molecular complexity index is 1360. The van der Waals surface area contributed by atoms with Gasteiger partial charge in [-0.25, -0.2) is 0 Å². The number of nitrogens with one attached hydrogen (secondary N) is 1. The quantitative estimate of drug-likeness (QED) is 0.198. The van der Waals surface area contributed by atoms with Crippen molar-refractivity contribution in [3.8, 4) is 5.75 Å². The molecule has 0 saturated heterocycles. The number of amides is 2. The highest BCUT2D eigenvalue weighted by Gasteiger charge is 2.64. The van der Waals surface area contributed by atoms with Crippen LogP contribution in [0.4, 0.5) is 5.69 Å². The number of likely N-dealkylation sites (N-methyl/N-ethyl adjacent to an activating group) is 1. The van der Waals surface area contributed by atoms with Crippen molar-refractivity contribution >= 4 is 34.8 Å². The molecule has 1 saturated carbocycles. The van der Waals surface area contributed by atoms with E-state index in [1.807, 2.05) is 0 Å². The van der Waals surface area contributed by atoms with Crippen molar-refractivity contribution in [2.24, 2.45) is 23.3 Å². The Morgan fingerprint density at radius 1 is 1.13 bits per heavy atom. The van der Waals surface area contributed by atoms with E-state index in [9.17, 15) is 39.6 Å². The Hall–Kier alpha value is -3.94. The molecular weight excluding hydrogens is 510 g/mol. The fourth-order valence-corrected chi connectivity index (χ4v) is 6.20. The summed E-state index contributed by atoms with van der Waals surface area (Å²) in [6.45, 7) is -0.136. The van der Waals surface area contributed by atoms with E-state index in [1.165, 1.54) is 4.90 Å². The summed E-state index contributed by atoms with van der Waals surface area (Å²) < 4.78 is 0. The number of aromatic hydroxyl groups is 1. The number of nitrogens with zero attached hydrogens (tertiary/aromatic N) is 2. The summed E-state index contributed by atoms with van der Waals surface area (Å²) in [6.07, 6.45) is 0.173. The summed E-state index contributed by atoms with van der Waals surface area (Å²) in [5.41, 5.74) is 8.21. The normalized spacial score (nSPS) is 26.4. The van der Waals surface area contributed by atoms with Crippen LogP contribution in [0.15, 0.2) is 23.0 Å². The number of carbonyl (C=O) groups is 4. The lowest BCUT2D eigenvalue weighted by atomic mass is 9.57. The molecule has 3 aliphatic rings. The van der Waals surface area contributed by atoms with Crippen LogP contribution in [0.3, 0.4) is 0 Å². The van der Waals surface area contributed by atoms with Gasteiger partial charge >= 0.3 is 0 Å². The van der Waals surface area contributed by atoms with E-state index < -0.39 is 64.0 Å². The van der Waals surface area contributed by atoms with Crippen LogP contribution in [-0.2, 0) is 32.1 Å². The van der Waals surface area contributed by atoms with Crippen molar-refractivity contribution in [3.63, 3.8) is 0 Å². The summed E-state index contributed by atoms with van der Waals surface area (Å²) >= 11 is 0. The SMILES string of the molecule is CN(C)c1cc(CNCC(N)=O)c(O)c2c1C[C@H]1C[C@H]3[C@H](N(C)C)C(=O)C(C(N)=O)=C(O)[C@@]3(O)C(=O)C1=C2O. The van der Waals surface area contributed by atoms with E-state index >= 15 is 0 Å². The highest BCUT2D eigenvalue weighted by molar-refractivity contribution is 6.24. The van der Waals surface area contributed by atoms with Gasteiger partial charge < -0.3 is 42.1 Å². The molecule has 0 radical (unpaired) electrons. The number of primary amides is 2. The molecule has 1 aromatic rings. The van der Waals surface area contributed by atoms with Crippen molar-refractivity contribution in [1.29, 1.82) is 0 Å². The van der Waals surface area contributed by atoms with Gasteiger partial charge in [0.25, 0.3) is 5.91 Å². The molecule has 0 heterocycles. The first-order valence-electron chi connectivity index (χ1n) is 12.3. The van der Waals surface area contributed by atoms with E-state index in [-0.39, 0.29) is 42.8 Å². The number of ketones is 2. The number of anilines is 1. The predicted molar refractivity (Wildman–Crippen MR) is 139 cm³/mol. The zero-order valence-corrected chi connectivity index (χ0v) is 22.1. The molecule has 0 unspecified atom stereocenters. The molecule has 9 N–H and O–H groups in total. The minimum absolute atomic E-state index is 0.00130. The van der Waals surface area contributed by atoms with E-state index in [2.05, 4.69) is 5.32 Å². The maximum Gasteiger partial charge on any atom is 0.255 e. The fourth-order valence-electron chi connectivity index (χ4n) is 6.20. The van der Waals surface area contributed by atoms with Crippen LogP contribution in [0, 0.1) is 11.8 Å². The van der Waals surface area contributed by atoms with Crippen molar-refractivity contribution < 1.29 is 39.6 Å². The summed E-state index contributed by atoms with van der Waals surface area (Å²) in [7, 11) is 6.63. The second kappa shape index (κ2) is 9.67. The van der Waals surface area contributed by atoms with E-state index in [0.717, 1.165) is 0 Å². The Balaban J connectivity index is 1.94. The second-order valence-electron chi connectivity index (χ2n) is 10.7. The Kier molecular flexibility index (Phi) is 6.96. The minimum Gasteiger partial charge on any atom is -0.508 e. The standard InChI is InChI=1S/C26H33N5O8/c1-30(2)14-7-11(8-29-9-15(27)32)20(33)17-12(14)5-10-6-13-19(31(3)4)22(35)18(25(28)38)24(37)26(13,39)23(36)16(10)21(17)34/h7,10,13,19,29,33-34,37,39H,5-6,8-9H2,1-4H3,(H2,27,32)(H2,28,38)/t10-,13-,19-,26-/m0/s1. The lowest BCUT2D eigenvalue weighted by Crippen LogP contribution is -2.65. The van der Waals surface area contributed by atoms with E-state index in [4.69, 9.17) is 11.5 Å². The fraction of sp³-hybridized carbons (Fsp3) is 0.462. The molecule has 0 aromatic heterocycles. The third-order valence-electron chi connectivity index (χ3n) is 7.87. The average molecular weight is 544 g/mol. The number of nitrogens with two attached hydrogens (primary N) is 2. The van der Waals surface area contributed by atoms with Gasteiger partial charge in [-0.3, -0.25) is 24.1 Å². The molecule has 13 nitrogen and oxygen atoms in total. The third kappa shape index (κ3) is 4.13. The number of hydrogen-bond acceptors (Lipinski definition) is 11. The second-order valence-corrected chi connectivity index (χ2v) is 10.7. The monoisotopic (exact) mass is 543 g/mol. The van der Waals surface area contributed by atoms with Gasteiger partial charge in [0.05, 0.1) is 18.2 Å². The topological polar surface area (TPSA) is 220 Å². The number of phenolic OH excluding ortho intramolecular Hbond substituents is 1. The molecule has 1 aromatic carbocycles. The Labute approximate surface area is 224 Å². The molecular formula is C26H33N5O8. The van der Waals surface area contributed by atoms with Gasteiger partial charge in [0.2, 0.25) is 11.7 Å². The van der Waals surface area contributed by atoms with Gasteiger partial charge in [0.15, 0.2) is 11.4 Å². The van der Waals surface area contributed by atoms with Crippen molar-refractivity contribution in [1.82, 2.24) is 10.2 Å². The summed E-state index contributed by atoms with van der Waals surface area (Å²) in [5, 5.41) is 48.0. The predicted octanol–water partition coefficient (Wildman–Crippen LogP) is -1.40. The average Bonchev–Trinajstić information content (AvgIpc) is 2.81. The highest BCUT2D eigenvalue weighted by Crippen LogP contribution is 2.54. The number of aliphatic hydroxyl groups is 3. The lowest BCUT2D eigenvalue weighted by Gasteiger charge is -2.50. The molecule has 210 valence electrons. The van der Waals surface area contributed by atoms with Gasteiger partial charge in [-0.1, -0.05) is 0 Å². The van der Waals surface area contributed by atoms with Gasteiger partial charge in [0.1, 0.15) is 22.8 Å². The summed E-state index contributed by atoms with van der Waals surface area (Å²) in [5.74, 6) is -7.65. The molecule has 0 bridgehead atoms. The zero-order chi connectivity index (χ0) is 29.1. The van der Waals surface area contributed by atoms with Crippen LogP contribution in [0.1, 0.15) is 23.1 Å². The largest absolute Gasteiger partial charge is 0.508 e. The molecule has 0 aliphatic heterocycles. The van der Waals surface area contributed by atoms with E-state index in [1.54, 1.807) is 39.2 Å². The Morgan fingerprint density at radius 2 is 1.77 bits per heavy atom. The number of hydrogen-bond donors (Lipinski definition) is 7. The van der Waals surface area contributed by atoms with Gasteiger partial charge in [-0.15, -0.1) is 0 Å². The van der Waals surface area contributed by atoms with Crippen LogP contribution < -0.4 is 21.7 Å². The van der Waals surface area contributed by atoms with Crippen LogP contribution in [0.2, 0.25) is 0 Å². The third-order valence-corrected chi connectivity index (χ3v) is 7.87. The lowest BCUT2D eigenvalue weighted by molar-refractivity contribution is -0.153. The van der Waals surface area contributed by atoms with Gasteiger partial charge in [0, 0.05) is 43.4 Å². The van der Waals surface area contributed by atoms with Crippen LogP contribution in [0.25, 0.3) is 5.76 Å². The first-order valence-corrected chi connectivity index (χ1v) is 12.3. The first-order chi connectivity index (χ1) is 18.1. The number of Topliss-reactive ketones (excluding diaryl/α,β-unsaturated/α-hetero) is 2. The smallest absolute Gasteiger partial charge is 0.255 e. The van der Waals surface area contributed by atoms with E-state index in [0.29, 0.717) is 16.8 Å². The summed E-state index contributed by atoms with van der Waals surface area (Å²) in [4.78, 5) is 53.6. The molecule has 0 spiro atoms. The molecule has 39 heavy (non-hydrogen) atoms. The first kappa shape index (κ1) is 28.1. The van der Waals surface area contributed by atoms with Crippen molar-refractivity contribution in [2.45, 2.75) is 31.0 Å². The molecule has 13 heteroatoms. The van der Waals surface area contributed by atoms with Crippen LogP contribution in [-0.4, -0.2) is 95.1 Å². The van der Waals surface area contributed by atoms with Gasteiger partial charge in [-0.2, -0.15) is 0 Å². The molecule has 1 fully saturated rings.